The summed E-state index contributed by atoms with van der Waals surface area (Å²) in [5.41, 5.74) is 0.635. The molecule has 1 aliphatic carbocycles. The van der Waals surface area contributed by atoms with E-state index in [0.717, 1.165) is 23.7 Å². The molecule has 0 bridgehead atoms. The molecule has 4 rings (SSSR count). The zero-order valence-electron chi connectivity index (χ0n) is 15.1. The number of likely N-dealkylation sites (tertiary alicyclic amines) is 1. The van der Waals surface area contributed by atoms with Crippen molar-refractivity contribution < 1.29 is 9.18 Å². The molecule has 2 atom stereocenters. The van der Waals surface area contributed by atoms with Crippen molar-refractivity contribution in [3.05, 3.63) is 30.1 Å². The Morgan fingerprint density at radius 1 is 1.26 bits per heavy atom. The maximum atomic E-state index is 13.3. The van der Waals surface area contributed by atoms with Gasteiger partial charge < -0.3 is 10.2 Å². The minimum Gasteiger partial charge on any atom is -0.339 e. The summed E-state index contributed by atoms with van der Waals surface area (Å²) in [5.74, 6) is 1.02. The molecule has 1 saturated carbocycles. The summed E-state index contributed by atoms with van der Waals surface area (Å²) in [6.07, 6.45) is 7.37. The molecular weight excluding hydrogens is 383 g/mol. The highest BCUT2D eigenvalue weighted by Gasteiger charge is 2.35. The summed E-state index contributed by atoms with van der Waals surface area (Å²) < 4.78 is 14.0. The van der Waals surface area contributed by atoms with Crippen LogP contribution in [0.1, 0.15) is 38.5 Å². The second-order valence-electron chi connectivity index (χ2n) is 7.14. The Labute approximate surface area is 166 Å². The first kappa shape index (κ1) is 18.7. The minimum atomic E-state index is -0.299. The largest absolute Gasteiger partial charge is 0.339 e. The van der Waals surface area contributed by atoms with Gasteiger partial charge in [-0.1, -0.05) is 42.0 Å². The first-order valence-corrected chi connectivity index (χ1v) is 11.3. The van der Waals surface area contributed by atoms with E-state index in [-0.39, 0.29) is 11.7 Å². The zero-order valence-corrected chi connectivity index (χ0v) is 16.7. The van der Waals surface area contributed by atoms with Gasteiger partial charge in [-0.2, -0.15) is 0 Å². The monoisotopic (exact) mass is 406 g/mol. The van der Waals surface area contributed by atoms with E-state index in [2.05, 4.69) is 20.4 Å². The first-order valence-electron chi connectivity index (χ1n) is 9.47. The molecule has 1 N–H and O–H groups in total. The van der Waals surface area contributed by atoms with E-state index in [9.17, 15) is 9.18 Å². The molecule has 0 unspecified atom stereocenters. The van der Waals surface area contributed by atoms with E-state index < -0.39 is 0 Å². The van der Waals surface area contributed by atoms with Crippen LogP contribution in [0.2, 0.25) is 0 Å². The Kier molecular flexibility index (Phi) is 5.92. The number of fused-ring (bicyclic) bond motifs is 1. The average molecular weight is 407 g/mol. The van der Waals surface area contributed by atoms with Crippen molar-refractivity contribution in [2.45, 2.75) is 48.9 Å². The van der Waals surface area contributed by atoms with Crippen molar-refractivity contribution in [2.75, 3.05) is 17.6 Å². The number of hydrogen-bond donors (Lipinski definition) is 1. The summed E-state index contributed by atoms with van der Waals surface area (Å²) >= 11 is 2.82. The lowest BCUT2D eigenvalue weighted by atomic mass is 9.78. The number of benzene rings is 1. The van der Waals surface area contributed by atoms with Crippen LogP contribution >= 0.6 is 23.1 Å². The summed E-state index contributed by atoms with van der Waals surface area (Å²) in [6.45, 7) is 0.892. The fourth-order valence-corrected chi connectivity index (χ4v) is 5.81. The smallest absolute Gasteiger partial charge is 0.233 e. The van der Waals surface area contributed by atoms with Crippen LogP contribution in [0, 0.1) is 11.7 Å². The number of aromatic nitrogens is 2. The lowest BCUT2D eigenvalue weighted by molar-refractivity contribution is -0.134. The van der Waals surface area contributed by atoms with Crippen LogP contribution in [-0.2, 0) is 4.79 Å². The van der Waals surface area contributed by atoms with Crippen LogP contribution in [0.25, 0.3) is 0 Å². The van der Waals surface area contributed by atoms with Gasteiger partial charge in [-0.25, -0.2) is 4.39 Å². The van der Waals surface area contributed by atoms with E-state index >= 15 is 0 Å². The van der Waals surface area contributed by atoms with E-state index in [1.54, 1.807) is 12.1 Å². The molecule has 144 valence electrons. The van der Waals surface area contributed by atoms with Crippen LogP contribution in [0.4, 0.5) is 15.2 Å². The van der Waals surface area contributed by atoms with Crippen molar-refractivity contribution in [3.63, 3.8) is 0 Å². The topological polar surface area (TPSA) is 58.1 Å². The molecule has 1 aromatic carbocycles. The Morgan fingerprint density at radius 2 is 2.11 bits per heavy atom. The normalized spacial score (nSPS) is 22.3. The predicted octanol–water partition coefficient (Wildman–Crippen LogP) is 4.69. The Hall–Kier alpha value is -1.67. The van der Waals surface area contributed by atoms with E-state index in [1.807, 2.05) is 0 Å². The minimum absolute atomic E-state index is 0.214. The highest BCUT2D eigenvalue weighted by atomic mass is 32.2. The van der Waals surface area contributed by atoms with Gasteiger partial charge in [0.15, 0.2) is 4.34 Å². The van der Waals surface area contributed by atoms with Gasteiger partial charge >= 0.3 is 0 Å². The molecule has 2 aromatic rings. The first-order chi connectivity index (χ1) is 13.2. The van der Waals surface area contributed by atoms with Crippen LogP contribution in [0.5, 0.6) is 0 Å². The van der Waals surface area contributed by atoms with Gasteiger partial charge in [0, 0.05) is 18.3 Å². The van der Waals surface area contributed by atoms with Crippen molar-refractivity contribution >= 4 is 39.8 Å². The maximum absolute atomic E-state index is 13.3. The van der Waals surface area contributed by atoms with Crippen molar-refractivity contribution in [1.29, 1.82) is 0 Å². The van der Waals surface area contributed by atoms with E-state index in [0.29, 0.717) is 28.5 Å². The zero-order chi connectivity index (χ0) is 18.6. The summed E-state index contributed by atoms with van der Waals surface area (Å²) in [7, 11) is 0. The molecule has 1 saturated heterocycles. The number of nitrogens with one attached hydrogen (secondary N) is 1. The molecule has 2 aliphatic rings. The second-order valence-corrected chi connectivity index (χ2v) is 9.34. The number of carbonyl (C=O) groups is 1. The highest BCUT2D eigenvalue weighted by Crippen LogP contribution is 2.36. The van der Waals surface area contributed by atoms with Gasteiger partial charge in [0.1, 0.15) is 5.82 Å². The molecule has 2 heterocycles. The number of piperidine rings is 1. The maximum Gasteiger partial charge on any atom is 0.233 e. The Morgan fingerprint density at radius 3 is 3.00 bits per heavy atom. The van der Waals surface area contributed by atoms with Crippen molar-refractivity contribution in [3.8, 4) is 0 Å². The molecule has 27 heavy (non-hydrogen) atoms. The van der Waals surface area contributed by atoms with Crippen LogP contribution in [0.3, 0.4) is 0 Å². The third kappa shape index (κ3) is 4.60. The second kappa shape index (κ2) is 8.56. The number of amides is 1. The number of carbonyl (C=O) groups excluding carboxylic acids is 1. The number of hydrogen-bond acceptors (Lipinski definition) is 6. The number of rotatable bonds is 5. The van der Waals surface area contributed by atoms with Gasteiger partial charge in [-0.15, -0.1) is 10.2 Å². The number of halogens is 1. The summed E-state index contributed by atoms with van der Waals surface area (Å²) in [6, 6.07) is 6.67. The highest BCUT2D eigenvalue weighted by molar-refractivity contribution is 8.01. The van der Waals surface area contributed by atoms with Crippen molar-refractivity contribution in [1.82, 2.24) is 15.1 Å². The van der Waals surface area contributed by atoms with Gasteiger partial charge in [0.2, 0.25) is 11.0 Å². The molecule has 1 aliphatic heterocycles. The molecule has 0 radical (unpaired) electrons. The Balaban J connectivity index is 1.32. The van der Waals surface area contributed by atoms with Gasteiger partial charge in [0.05, 0.1) is 5.75 Å². The standard InChI is InChI=1S/C19H23FN4OS2/c20-14-7-3-8-15(11-14)21-18-22-23-19(27-18)26-12-17(25)24-10-4-6-13-5-1-2-9-16(13)24/h3,7-8,11,13,16H,1-2,4-6,9-10,12H2,(H,21,22)/t13-,16-/m0/s1. The van der Waals surface area contributed by atoms with Crippen LogP contribution in [-0.4, -0.2) is 39.3 Å². The van der Waals surface area contributed by atoms with Gasteiger partial charge in [-0.05, 0) is 49.8 Å². The lowest BCUT2D eigenvalue weighted by Gasteiger charge is -2.44. The summed E-state index contributed by atoms with van der Waals surface area (Å²) in [4.78, 5) is 14.9. The van der Waals surface area contributed by atoms with Gasteiger partial charge in [0.25, 0.3) is 0 Å². The molecule has 8 heteroatoms. The molecule has 0 spiro atoms. The third-order valence-electron chi connectivity index (χ3n) is 5.37. The molecule has 2 fully saturated rings. The quantitative estimate of drug-likeness (QED) is 0.730. The molecule has 5 nitrogen and oxygen atoms in total. The fourth-order valence-electron chi connectivity index (χ4n) is 4.15. The molecule has 1 amide bonds. The number of nitrogens with zero attached hydrogens (tertiary/aromatic N) is 3. The third-order valence-corrected chi connectivity index (χ3v) is 7.32. The number of thioether (sulfide) groups is 1. The predicted molar refractivity (Wildman–Crippen MR) is 107 cm³/mol. The lowest BCUT2D eigenvalue weighted by Crippen LogP contribution is -2.50. The van der Waals surface area contributed by atoms with Gasteiger partial charge in [-0.3, -0.25) is 4.79 Å². The van der Waals surface area contributed by atoms with Crippen molar-refractivity contribution in [2.24, 2.45) is 5.92 Å². The van der Waals surface area contributed by atoms with E-state index in [4.69, 9.17) is 0 Å². The summed E-state index contributed by atoms with van der Waals surface area (Å²) in [5, 5.41) is 11.9. The van der Waals surface area contributed by atoms with Crippen LogP contribution in [0.15, 0.2) is 28.6 Å². The average Bonchev–Trinajstić information content (AvgIpc) is 3.13. The van der Waals surface area contributed by atoms with Crippen LogP contribution < -0.4 is 5.32 Å². The SMILES string of the molecule is O=C(CSc1nnc(Nc2cccc(F)c2)s1)N1CCC[C@@H]2CCCC[C@@H]21. The molecule has 1 aromatic heterocycles. The Bertz CT molecular complexity index is 798. The molecular formula is C19H23FN4OS2. The number of anilines is 2. The van der Waals surface area contributed by atoms with E-state index in [1.165, 1.54) is 60.9 Å². The fraction of sp³-hybridized carbons (Fsp3) is 0.526.